The Labute approximate surface area is 125 Å². The number of hydrogen-bond acceptors (Lipinski definition) is 2. The smallest absolute Gasteiger partial charge is 0.134 e. The molecule has 0 fully saturated rings. The number of nitrogens with one attached hydrogen (secondary N) is 1. The van der Waals surface area contributed by atoms with Crippen molar-refractivity contribution in [3.05, 3.63) is 71.0 Å². The van der Waals surface area contributed by atoms with Gasteiger partial charge in [-0.1, -0.05) is 36.4 Å². The Morgan fingerprint density at radius 1 is 1.00 bits per heavy atom. The van der Waals surface area contributed by atoms with Gasteiger partial charge in [-0.05, 0) is 56.1 Å². The summed E-state index contributed by atoms with van der Waals surface area (Å²) in [7, 11) is 1.99. The number of fused-ring (bicyclic) bond motifs is 1. The van der Waals surface area contributed by atoms with E-state index in [-0.39, 0.29) is 6.04 Å². The Morgan fingerprint density at radius 3 is 2.52 bits per heavy atom. The molecule has 0 saturated carbocycles. The van der Waals surface area contributed by atoms with Crippen LogP contribution in [0.4, 0.5) is 0 Å². The summed E-state index contributed by atoms with van der Waals surface area (Å²) in [5.41, 5.74) is 4.96. The molecule has 0 aliphatic carbocycles. The number of hydrogen-bond donors (Lipinski definition) is 1. The van der Waals surface area contributed by atoms with Crippen molar-refractivity contribution in [2.24, 2.45) is 0 Å². The molecule has 1 heterocycles. The lowest BCUT2D eigenvalue weighted by Gasteiger charge is -2.14. The van der Waals surface area contributed by atoms with E-state index in [4.69, 9.17) is 4.42 Å². The average molecular weight is 279 g/mol. The first-order valence-corrected chi connectivity index (χ1v) is 7.39. The van der Waals surface area contributed by atoms with Crippen LogP contribution in [0.2, 0.25) is 0 Å². The van der Waals surface area contributed by atoms with Crippen molar-refractivity contribution in [1.82, 2.24) is 5.32 Å². The van der Waals surface area contributed by atoms with E-state index in [9.17, 15) is 0 Å². The van der Waals surface area contributed by atoms with E-state index in [2.05, 4.69) is 49.5 Å². The molecule has 0 aliphatic rings. The first kappa shape index (κ1) is 13.9. The minimum absolute atomic E-state index is 0.194. The lowest BCUT2D eigenvalue weighted by molar-refractivity contribution is 0.451. The fraction of sp³-hybridized carbons (Fsp3) is 0.263. The number of likely N-dealkylation sites (N-methyl/N-ethyl adjacent to an activating group) is 1. The van der Waals surface area contributed by atoms with Gasteiger partial charge in [0, 0.05) is 5.39 Å². The van der Waals surface area contributed by atoms with Crippen molar-refractivity contribution < 1.29 is 4.42 Å². The number of furan rings is 1. The monoisotopic (exact) mass is 279 g/mol. The summed E-state index contributed by atoms with van der Waals surface area (Å²) in [5, 5.41) is 4.53. The summed E-state index contributed by atoms with van der Waals surface area (Å²) in [5.74, 6) is 0.997. The highest BCUT2D eigenvalue weighted by Gasteiger charge is 2.15. The molecule has 108 valence electrons. The molecule has 0 aliphatic heterocycles. The van der Waals surface area contributed by atoms with E-state index in [1.807, 2.05) is 25.2 Å². The largest absolute Gasteiger partial charge is 0.459 e. The zero-order chi connectivity index (χ0) is 14.8. The number of para-hydroxylation sites is 1. The van der Waals surface area contributed by atoms with Gasteiger partial charge in [0.1, 0.15) is 11.3 Å². The standard InChI is InChI=1S/C19H21NO/c1-13-8-9-15(10-14(13)2)11-17(20-3)19-12-16-6-4-5-7-18(16)21-19/h4-10,12,17,20H,11H2,1-3H3. The van der Waals surface area contributed by atoms with Crippen LogP contribution in [0.1, 0.15) is 28.5 Å². The molecule has 0 amide bonds. The summed E-state index contributed by atoms with van der Waals surface area (Å²) in [6, 6.07) is 17.1. The SMILES string of the molecule is CNC(Cc1ccc(C)c(C)c1)c1cc2ccccc2o1. The average Bonchev–Trinajstić information content (AvgIpc) is 2.92. The van der Waals surface area contributed by atoms with Gasteiger partial charge in [0.25, 0.3) is 0 Å². The quantitative estimate of drug-likeness (QED) is 0.757. The molecule has 0 bridgehead atoms. The summed E-state index contributed by atoms with van der Waals surface area (Å²) >= 11 is 0. The summed E-state index contributed by atoms with van der Waals surface area (Å²) in [6.45, 7) is 4.31. The molecule has 3 aromatic rings. The normalized spacial score (nSPS) is 12.7. The van der Waals surface area contributed by atoms with Gasteiger partial charge in [-0.3, -0.25) is 0 Å². The first-order valence-electron chi connectivity index (χ1n) is 7.39. The Bertz CT molecular complexity index is 724. The molecule has 3 rings (SSSR count). The Kier molecular flexibility index (Phi) is 3.80. The molecule has 0 spiro atoms. The van der Waals surface area contributed by atoms with Gasteiger partial charge in [0.15, 0.2) is 0 Å². The van der Waals surface area contributed by atoms with E-state index in [1.165, 1.54) is 16.7 Å². The maximum Gasteiger partial charge on any atom is 0.134 e. The Balaban J connectivity index is 1.88. The van der Waals surface area contributed by atoms with Crippen molar-refractivity contribution in [1.29, 1.82) is 0 Å². The number of rotatable bonds is 4. The summed E-state index contributed by atoms with van der Waals surface area (Å²) in [4.78, 5) is 0. The number of aryl methyl sites for hydroxylation is 2. The van der Waals surface area contributed by atoms with E-state index in [1.54, 1.807) is 0 Å². The molecule has 1 N–H and O–H groups in total. The molecule has 2 aromatic carbocycles. The van der Waals surface area contributed by atoms with E-state index in [0.717, 1.165) is 23.2 Å². The van der Waals surface area contributed by atoms with Crippen molar-refractivity contribution in [2.75, 3.05) is 7.05 Å². The van der Waals surface area contributed by atoms with Crippen molar-refractivity contribution >= 4 is 11.0 Å². The number of benzene rings is 2. The molecule has 0 radical (unpaired) electrons. The van der Waals surface area contributed by atoms with Gasteiger partial charge < -0.3 is 9.73 Å². The molecule has 1 atom stereocenters. The molecule has 2 heteroatoms. The zero-order valence-electron chi connectivity index (χ0n) is 12.8. The zero-order valence-corrected chi connectivity index (χ0v) is 12.8. The van der Waals surface area contributed by atoms with Gasteiger partial charge in [-0.2, -0.15) is 0 Å². The lowest BCUT2D eigenvalue weighted by Crippen LogP contribution is -2.18. The van der Waals surface area contributed by atoms with E-state index < -0.39 is 0 Å². The predicted octanol–water partition coefficient (Wildman–Crippen LogP) is 4.55. The third-order valence-electron chi connectivity index (χ3n) is 4.15. The Hall–Kier alpha value is -2.06. The highest BCUT2D eigenvalue weighted by Crippen LogP contribution is 2.26. The van der Waals surface area contributed by atoms with Gasteiger partial charge in [0.2, 0.25) is 0 Å². The molecule has 0 saturated heterocycles. The van der Waals surface area contributed by atoms with Crippen molar-refractivity contribution in [3.63, 3.8) is 0 Å². The fourth-order valence-electron chi connectivity index (χ4n) is 2.69. The first-order chi connectivity index (χ1) is 10.2. The van der Waals surface area contributed by atoms with Gasteiger partial charge in [0.05, 0.1) is 6.04 Å². The minimum Gasteiger partial charge on any atom is -0.459 e. The minimum atomic E-state index is 0.194. The molecule has 2 nitrogen and oxygen atoms in total. The van der Waals surface area contributed by atoms with Gasteiger partial charge in [-0.15, -0.1) is 0 Å². The van der Waals surface area contributed by atoms with Crippen LogP contribution in [-0.2, 0) is 6.42 Å². The van der Waals surface area contributed by atoms with Crippen LogP contribution in [0, 0.1) is 13.8 Å². The third kappa shape index (κ3) is 2.86. The topological polar surface area (TPSA) is 25.2 Å². The maximum atomic E-state index is 5.98. The second-order valence-electron chi connectivity index (χ2n) is 5.65. The lowest BCUT2D eigenvalue weighted by atomic mass is 10.00. The van der Waals surface area contributed by atoms with Crippen LogP contribution in [0.5, 0.6) is 0 Å². The summed E-state index contributed by atoms with van der Waals surface area (Å²) in [6.07, 6.45) is 0.928. The second kappa shape index (κ2) is 5.74. The van der Waals surface area contributed by atoms with Crippen LogP contribution in [0.3, 0.4) is 0 Å². The van der Waals surface area contributed by atoms with Gasteiger partial charge in [-0.25, -0.2) is 0 Å². The molecular formula is C19H21NO. The van der Waals surface area contributed by atoms with Crippen LogP contribution >= 0.6 is 0 Å². The van der Waals surface area contributed by atoms with Crippen LogP contribution in [-0.4, -0.2) is 7.05 Å². The predicted molar refractivity (Wildman–Crippen MR) is 87.6 cm³/mol. The Morgan fingerprint density at radius 2 is 1.81 bits per heavy atom. The van der Waals surface area contributed by atoms with Crippen molar-refractivity contribution in [2.45, 2.75) is 26.3 Å². The molecule has 1 unspecified atom stereocenters. The van der Waals surface area contributed by atoms with E-state index in [0.29, 0.717) is 0 Å². The third-order valence-corrected chi connectivity index (χ3v) is 4.15. The van der Waals surface area contributed by atoms with E-state index >= 15 is 0 Å². The van der Waals surface area contributed by atoms with Gasteiger partial charge >= 0.3 is 0 Å². The fourth-order valence-corrected chi connectivity index (χ4v) is 2.69. The highest BCUT2D eigenvalue weighted by atomic mass is 16.3. The van der Waals surface area contributed by atoms with Crippen LogP contribution in [0.15, 0.2) is 52.9 Å². The second-order valence-corrected chi connectivity index (χ2v) is 5.65. The highest BCUT2D eigenvalue weighted by molar-refractivity contribution is 5.77. The van der Waals surface area contributed by atoms with Crippen LogP contribution < -0.4 is 5.32 Å². The maximum absolute atomic E-state index is 5.98. The van der Waals surface area contributed by atoms with Crippen LogP contribution in [0.25, 0.3) is 11.0 Å². The summed E-state index contributed by atoms with van der Waals surface area (Å²) < 4.78 is 5.98. The molecule has 1 aromatic heterocycles. The molecular weight excluding hydrogens is 258 g/mol. The van der Waals surface area contributed by atoms with Crippen molar-refractivity contribution in [3.8, 4) is 0 Å². The molecule has 21 heavy (non-hydrogen) atoms.